The van der Waals surface area contributed by atoms with Crippen molar-refractivity contribution >= 4 is 33.0 Å². The van der Waals surface area contributed by atoms with Gasteiger partial charge in [-0.1, -0.05) is 12.1 Å². The van der Waals surface area contributed by atoms with Crippen LogP contribution in [0.1, 0.15) is 35.1 Å². The number of carbonyl (C=O) groups is 2. The van der Waals surface area contributed by atoms with Crippen LogP contribution in [0, 0.1) is 13.8 Å². The van der Waals surface area contributed by atoms with Gasteiger partial charge >= 0.3 is 0 Å². The molecule has 7 heteroatoms. The van der Waals surface area contributed by atoms with Gasteiger partial charge in [-0.05, 0) is 67.1 Å². The fourth-order valence-corrected chi connectivity index (χ4v) is 5.37. The Hall–Kier alpha value is -2.67. The number of nitrogens with one attached hydrogen (secondary N) is 1. The van der Waals surface area contributed by atoms with E-state index in [0.29, 0.717) is 31.5 Å². The zero-order valence-electron chi connectivity index (χ0n) is 16.6. The Morgan fingerprint density at radius 2 is 1.79 bits per heavy atom. The fraction of sp³-hybridized carbons (Fsp3) is 0.364. The molecule has 0 atom stereocenters. The van der Waals surface area contributed by atoms with Gasteiger partial charge in [0, 0.05) is 25.1 Å². The first-order valence-corrected chi connectivity index (χ1v) is 11.5. The first-order chi connectivity index (χ1) is 13.7. The summed E-state index contributed by atoms with van der Waals surface area (Å²) in [4.78, 5) is 26.4. The van der Waals surface area contributed by atoms with E-state index in [1.54, 1.807) is 17.0 Å². The quantitative estimate of drug-likeness (QED) is 0.818. The highest BCUT2D eigenvalue weighted by Crippen LogP contribution is 2.38. The van der Waals surface area contributed by atoms with Crippen molar-refractivity contribution in [1.82, 2.24) is 0 Å². The molecule has 2 aromatic carbocycles. The topological polar surface area (TPSA) is 83.6 Å². The molecule has 0 saturated heterocycles. The molecular weight excluding hydrogens is 388 g/mol. The standard InChI is InChI=1S/C22H24N2O4S/c1-14-3-4-15(2)19(11-14)23-20(25)8-10-29(27,28)18-12-16-5-6-21(26)24-9-7-17(13-18)22(16)24/h3-4,11-13H,5-10H2,1-2H3,(H,23,25). The summed E-state index contributed by atoms with van der Waals surface area (Å²) in [6, 6.07) is 9.12. The van der Waals surface area contributed by atoms with E-state index >= 15 is 0 Å². The largest absolute Gasteiger partial charge is 0.326 e. The molecule has 29 heavy (non-hydrogen) atoms. The molecule has 2 heterocycles. The Bertz CT molecular complexity index is 1120. The van der Waals surface area contributed by atoms with E-state index < -0.39 is 9.84 Å². The van der Waals surface area contributed by atoms with Gasteiger partial charge in [-0.15, -0.1) is 0 Å². The van der Waals surface area contributed by atoms with Gasteiger partial charge in [0.2, 0.25) is 11.8 Å². The van der Waals surface area contributed by atoms with Gasteiger partial charge in [-0.2, -0.15) is 0 Å². The number of hydrogen-bond donors (Lipinski definition) is 1. The van der Waals surface area contributed by atoms with Crippen LogP contribution in [0.25, 0.3) is 0 Å². The Balaban J connectivity index is 1.49. The normalized spacial score (nSPS) is 15.4. The molecule has 2 amide bonds. The lowest BCUT2D eigenvalue weighted by Gasteiger charge is -2.25. The number of carbonyl (C=O) groups excluding carboxylic acids is 2. The minimum atomic E-state index is -3.59. The van der Waals surface area contributed by atoms with E-state index in [-0.39, 0.29) is 28.9 Å². The molecule has 6 nitrogen and oxygen atoms in total. The molecule has 0 aromatic heterocycles. The Morgan fingerprint density at radius 3 is 2.55 bits per heavy atom. The van der Waals surface area contributed by atoms with Crippen molar-refractivity contribution in [3.63, 3.8) is 0 Å². The molecule has 152 valence electrons. The van der Waals surface area contributed by atoms with Crippen LogP contribution < -0.4 is 10.2 Å². The molecule has 4 rings (SSSR count). The Labute approximate surface area is 170 Å². The maximum atomic E-state index is 12.9. The third kappa shape index (κ3) is 3.79. The lowest BCUT2D eigenvalue weighted by atomic mass is 10.00. The second-order valence-electron chi connectivity index (χ2n) is 7.82. The summed E-state index contributed by atoms with van der Waals surface area (Å²) in [5.41, 5.74) is 5.39. The molecule has 2 aromatic rings. The van der Waals surface area contributed by atoms with E-state index in [1.807, 2.05) is 32.0 Å². The number of anilines is 2. The van der Waals surface area contributed by atoms with Gasteiger partial charge in [0.25, 0.3) is 0 Å². The zero-order valence-corrected chi connectivity index (χ0v) is 17.4. The number of rotatable bonds is 5. The van der Waals surface area contributed by atoms with Crippen LogP contribution in [0.3, 0.4) is 0 Å². The maximum absolute atomic E-state index is 12.9. The number of benzene rings is 2. The van der Waals surface area contributed by atoms with Gasteiger partial charge in [0.05, 0.1) is 16.3 Å². The first-order valence-electron chi connectivity index (χ1n) is 9.80. The summed E-state index contributed by atoms with van der Waals surface area (Å²) in [5, 5.41) is 2.81. The SMILES string of the molecule is Cc1ccc(C)c(NC(=O)CCS(=O)(=O)c2cc3c4c(c2)CCN4C(=O)CC3)c1. The number of aryl methyl sites for hydroxylation is 3. The van der Waals surface area contributed by atoms with Crippen LogP contribution in [-0.2, 0) is 32.3 Å². The second kappa shape index (κ2) is 7.30. The molecule has 1 N–H and O–H groups in total. The predicted molar refractivity (Wildman–Crippen MR) is 112 cm³/mol. The highest BCUT2D eigenvalue weighted by atomic mass is 32.2. The van der Waals surface area contributed by atoms with Crippen LogP contribution in [0.2, 0.25) is 0 Å². The molecule has 0 bridgehead atoms. The summed E-state index contributed by atoms with van der Waals surface area (Å²) in [6.45, 7) is 4.45. The Morgan fingerprint density at radius 1 is 1.07 bits per heavy atom. The van der Waals surface area contributed by atoms with Crippen LogP contribution >= 0.6 is 0 Å². The average Bonchev–Trinajstić information content (AvgIpc) is 3.11. The fourth-order valence-electron chi connectivity index (χ4n) is 4.03. The van der Waals surface area contributed by atoms with Crippen molar-refractivity contribution < 1.29 is 18.0 Å². The lowest BCUT2D eigenvalue weighted by molar-refractivity contribution is -0.119. The number of amides is 2. The summed E-state index contributed by atoms with van der Waals surface area (Å²) in [6.07, 6.45) is 1.54. The minimum absolute atomic E-state index is 0.104. The van der Waals surface area contributed by atoms with Gasteiger partial charge in [0.1, 0.15) is 0 Å². The van der Waals surface area contributed by atoms with Crippen LogP contribution in [0.15, 0.2) is 35.2 Å². The van der Waals surface area contributed by atoms with E-state index in [0.717, 1.165) is 27.9 Å². The molecule has 0 aliphatic carbocycles. The van der Waals surface area contributed by atoms with Gasteiger partial charge in [0.15, 0.2) is 9.84 Å². The van der Waals surface area contributed by atoms with Crippen molar-refractivity contribution in [2.75, 3.05) is 22.5 Å². The van der Waals surface area contributed by atoms with Crippen molar-refractivity contribution in [2.45, 2.75) is 44.4 Å². The van der Waals surface area contributed by atoms with Crippen LogP contribution in [-0.4, -0.2) is 32.5 Å². The predicted octanol–water partition coefficient (Wildman–Crippen LogP) is 2.94. The molecule has 0 unspecified atom stereocenters. The average molecular weight is 413 g/mol. The van der Waals surface area contributed by atoms with Crippen molar-refractivity contribution in [3.05, 3.63) is 52.6 Å². The van der Waals surface area contributed by atoms with E-state index in [1.165, 1.54) is 0 Å². The highest BCUT2D eigenvalue weighted by Gasteiger charge is 2.33. The van der Waals surface area contributed by atoms with Crippen molar-refractivity contribution in [3.8, 4) is 0 Å². The smallest absolute Gasteiger partial charge is 0.227 e. The van der Waals surface area contributed by atoms with Crippen LogP contribution in [0.5, 0.6) is 0 Å². The zero-order chi connectivity index (χ0) is 20.8. The van der Waals surface area contributed by atoms with Crippen LogP contribution in [0.4, 0.5) is 11.4 Å². The summed E-state index contributed by atoms with van der Waals surface area (Å²) in [5.74, 6) is -0.457. The van der Waals surface area contributed by atoms with Crippen molar-refractivity contribution in [1.29, 1.82) is 0 Å². The van der Waals surface area contributed by atoms with E-state index in [4.69, 9.17) is 0 Å². The molecule has 0 radical (unpaired) electrons. The molecule has 2 aliphatic rings. The monoisotopic (exact) mass is 412 g/mol. The van der Waals surface area contributed by atoms with Gasteiger partial charge in [-0.25, -0.2) is 8.42 Å². The minimum Gasteiger partial charge on any atom is -0.326 e. The third-order valence-electron chi connectivity index (χ3n) is 5.65. The van der Waals surface area contributed by atoms with Gasteiger partial charge in [-0.3, -0.25) is 9.59 Å². The first kappa shape index (κ1) is 19.6. The number of nitrogens with zero attached hydrogens (tertiary/aromatic N) is 1. The Kier molecular flexibility index (Phi) is 4.94. The molecule has 0 saturated carbocycles. The van der Waals surface area contributed by atoms with Crippen molar-refractivity contribution in [2.24, 2.45) is 0 Å². The van der Waals surface area contributed by atoms with E-state index in [2.05, 4.69) is 5.32 Å². The molecule has 2 aliphatic heterocycles. The van der Waals surface area contributed by atoms with Gasteiger partial charge < -0.3 is 10.2 Å². The highest BCUT2D eigenvalue weighted by molar-refractivity contribution is 7.91. The summed E-state index contributed by atoms with van der Waals surface area (Å²) in [7, 11) is -3.59. The summed E-state index contributed by atoms with van der Waals surface area (Å²) < 4.78 is 25.8. The number of sulfone groups is 1. The third-order valence-corrected chi connectivity index (χ3v) is 7.34. The molecular formula is C22H24N2O4S. The molecule has 0 spiro atoms. The summed E-state index contributed by atoms with van der Waals surface area (Å²) >= 11 is 0. The molecule has 0 fully saturated rings. The maximum Gasteiger partial charge on any atom is 0.227 e. The lowest BCUT2D eigenvalue weighted by Crippen LogP contribution is -2.32. The second-order valence-corrected chi connectivity index (χ2v) is 9.93. The number of hydrogen-bond acceptors (Lipinski definition) is 4. The van der Waals surface area contributed by atoms with E-state index in [9.17, 15) is 18.0 Å².